The van der Waals surface area contributed by atoms with Gasteiger partial charge in [-0.05, 0) is 12.1 Å². The van der Waals surface area contributed by atoms with Gasteiger partial charge in [0.2, 0.25) is 0 Å². The number of benzene rings is 1. The lowest BCUT2D eigenvalue weighted by molar-refractivity contribution is 0.684. The highest BCUT2D eigenvalue weighted by atomic mass is 32.2. The van der Waals surface area contributed by atoms with E-state index in [0.29, 0.717) is 23.0 Å². The van der Waals surface area contributed by atoms with Crippen LogP contribution in [0, 0.1) is 0 Å². The van der Waals surface area contributed by atoms with Crippen LogP contribution in [0.1, 0.15) is 12.5 Å². The summed E-state index contributed by atoms with van der Waals surface area (Å²) >= 11 is 4.95. The highest BCUT2D eigenvalue weighted by molar-refractivity contribution is 7.84. The first-order valence-electron chi connectivity index (χ1n) is 5.12. The van der Waals surface area contributed by atoms with Crippen LogP contribution in [0.5, 0.6) is 0 Å². The number of hydrogen-bond donors (Lipinski definition) is 2. The normalized spacial score (nSPS) is 12.1. The van der Waals surface area contributed by atoms with Gasteiger partial charge in [-0.3, -0.25) is 4.21 Å². The number of nitrogens with one attached hydrogen (secondary N) is 1. The van der Waals surface area contributed by atoms with Gasteiger partial charge >= 0.3 is 0 Å². The molecular formula is C11H16N2OS2. The third-order valence-corrected chi connectivity index (χ3v) is 3.68. The van der Waals surface area contributed by atoms with Crippen LogP contribution < -0.4 is 11.1 Å². The number of rotatable bonds is 6. The highest BCUT2D eigenvalue weighted by Crippen LogP contribution is 2.14. The molecule has 3 nitrogen and oxygen atoms in total. The van der Waals surface area contributed by atoms with Crippen molar-refractivity contribution in [2.45, 2.75) is 6.92 Å². The maximum atomic E-state index is 11.2. The van der Waals surface area contributed by atoms with Gasteiger partial charge in [-0.1, -0.05) is 31.3 Å². The molecule has 0 saturated heterocycles. The third kappa shape index (κ3) is 3.90. The van der Waals surface area contributed by atoms with Crippen LogP contribution >= 0.6 is 12.2 Å². The molecule has 3 N–H and O–H groups in total. The second kappa shape index (κ2) is 6.60. The van der Waals surface area contributed by atoms with Crippen molar-refractivity contribution in [3.8, 4) is 0 Å². The van der Waals surface area contributed by atoms with Crippen molar-refractivity contribution in [3.63, 3.8) is 0 Å². The molecule has 0 aliphatic rings. The molecule has 0 aliphatic carbocycles. The highest BCUT2D eigenvalue weighted by Gasteiger charge is 2.03. The summed E-state index contributed by atoms with van der Waals surface area (Å²) < 4.78 is 11.2. The lowest BCUT2D eigenvalue weighted by Gasteiger charge is -2.10. The molecule has 88 valence electrons. The lowest BCUT2D eigenvalue weighted by Crippen LogP contribution is -2.16. The van der Waals surface area contributed by atoms with Crippen molar-refractivity contribution in [2.75, 3.05) is 23.4 Å². The van der Waals surface area contributed by atoms with Crippen LogP contribution in [0.2, 0.25) is 0 Å². The first-order valence-corrected chi connectivity index (χ1v) is 7.02. The van der Waals surface area contributed by atoms with E-state index in [0.717, 1.165) is 11.3 Å². The fourth-order valence-electron chi connectivity index (χ4n) is 1.30. The molecule has 1 aromatic carbocycles. The molecule has 0 aromatic heterocycles. The van der Waals surface area contributed by atoms with E-state index >= 15 is 0 Å². The molecule has 16 heavy (non-hydrogen) atoms. The minimum Gasteiger partial charge on any atom is -0.389 e. The van der Waals surface area contributed by atoms with Crippen LogP contribution in [0.25, 0.3) is 0 Å². The molecule has 1 atom stereocenters. The van der Waals surface area contributed by atoms with E-state index in [1.54, 1.807) is 0 Å². The van der Waals surface area contributed by atoms with Gasteiger partial charge in [0, 0.05) is 40.1 Å². The molecule has 0 heterocycles. The maximum absolute atomic E-state index is 11.2. The number of hydrogen-bond acceptors (Lipinski definition) is 3. The van der Waals surface area contributed by atoms with E-state index in [-0.39, 0.29) is 0 Å². The molecule has 0 radical (unpaired) electrons. The van der Waals surface area contributed by atoms with E-state index < -0.39 is 10.8 Å². The second-order valence-corrected chi connectivity index (χ2v) is 5.57. The van der Waals surface area contributed by atoms with Gasteiger partial charge in [0.15, 0.2) is 0 Å². The zero-order chi connectivity index (χ0) is 12.0. The van der Waals surface area contributed by atoms with Crippen molar-refractivity contribution >= 4 is 33.7 Å². The van der Waals surface area contributed by atoms with Gasteiger partial charge in [0.05, 0.1) is 0 Å². The van der Waals surface area contributed by atoms with Gasteiger partial charge in [-0.2, -0.15) is 0 Å². The SMILES string of the molecule is CCS(=O)CCNc1ccccc1C(N)=S. The van der Waals surface area contributed by atoms with Crippen LogP contribution in [-0.2, 0) is 10.8 Å². The van der Waals surface area contributed by atoms with Crippen molar-refractivity contribution in [1.29, 1.82) is 0 Å². The molecule has 0 aliphatic heterocycles. The largest absolute Gasteiger partial charge is 0.389 e. The zero-order valence-corrected chi connectivity index (χ0v) is 10.9. The second-order valence-electron chi connectivity index (χ2n) is 3.27. The van der Waals surface area contributed by atoms with Gasteiger partial charge in [-0.15, -0.1) is 0 Å². The molecular weight excluding hydrogens is 240 g/mol. The lowest BCUT2D eigenvalue weighted by atomic mass is 10.2. The summed E-state index contributed by atoms with van der Waals surface area (Å²) in [6.07, 6.45) is 0. The minimum atomic E-state index is -0.745. The standard InChI is InChI=1S/C11H16N2OS2/c1-2-16(14)8-7-13-10-6-4-3-5-9(10)11(12)15/h3-6,13H,2,7-8H2,1H3,(H2,12,15). The Kier molecular flexibility index (Phi) is 5.42. The Balaban J connectivity index is 2.60. The fraction of sp³-hybridized carbons (Fsp3) is 0.364. The average Bonchev–Trinajstić information content (AvgIpc) is 2.29. The first-order chi connectivity index (χ1) is 7.65. The third-order valence-electron chi connectivity index (χ3n) is 2.16. The number of nitrogens with two attached hydrogens (primary N) is 1. The molecule has 0 amide bonds. The first kappa shape index (κ1) is 13.1. The summed E-state index contributed by atoms with van der Waals surface area (Å²) in [5.41, 5.74) is 7.34. The number of para-hydroxylation sites is 1. The molecule has 0 saturated carbocycles. The Hall–Kier alpha value is -0.940. The number of anilines is 1. The molecule has 1 rings (SSSR count). The predicted octanol–water partition coefficient (Wildman–Crippen LogP) is 1.50. The van der Waals surface area contributed by atoms with Gasteiger partial charge < -0.3 is 11.1 Å². The summed E-state index contributed by atoms with van der Waals surface area (Å²) in [4.78, 5) is 0.375. The smallest absolute Gasteiger partial charge is 0.106 e. The molecule has 0 bridgehead atoms. The topological polar surface area (TPSA) is 55.1 Å². The van der Waals surface area contributed by atoms with Crippen LogP contribution in [0.15, 0.2) is 24.3 Å². The predicted molar refractivity (Wildman–Crippen MR) is 74.4 cm³/mol. The summed E-state index contributed by atoms with van der Waals surface area (Å²) in [6, 6.07) is 7.61. The van der Waals surface area contributed by atoms with Crippen molar-refractivity contribution in [1.82, 2.24) is 0 Å². The van der Waals surface area contributed by atoms with E-state index in [4.69, 9.17) is 18.0 Å². The Morgan fingerprint density at radius 3 is 2.81 bits per heavy atom. The summed E-state index contributed by atoms with van der Waals surface area (Å²) in [7, 11) is -0.745. The van der Waals surface area contributed by atoms with Crippen LogP contribution in [0.4, 0.5) is 5.69 Å². The van der Waals surface area contributed by atoms with Gasteiger partial charge in [-0.25, -0.2) is 0 Å². The minimum absolute atomic E-state index is 0.375. The monoisotopic (exact) mass is 256 g/mol. The summed E-state index contributed by atoms with van der Waals surface area (Å²) in [5.74, 6) is 1.33. The molecule has 1 unspecified atom stereocenters. The maximum Gasteiger partial charge on any atom is 0.106 e. The molecule has 5 heteroatoms. The fourth-order valence-corrected chi connectivity index (χ4v) is 2.09. The van der Waals surface area contributed by atoms with Gasteiger partial charge in [0.1, 0.15) is 4.99 Å². The Bertz CT molecular complexity index is 393. The molecule has 1 aromatic rings. The Labute approximate surface area is 104 Å². The van der Waals surface area contributed by atoms with Crippen molar-refractivity contribution in [3.05, 3.63) is 29.8 Å². The number of thiocarbonyl (C=S) groups is 1. The van der Waals surface area contributed by atoms with E-state index in [1.807, 2.05) is 31.2 Å². The quantitative estimate of drug-likeness (QED) is 0.757. The van der Waals surface area contributed by atoms with Crippen LogP contribution in [-0.4, -0.2) is 27.2 Å². The zero-order valence-electron chi connectivity index (χ0n) is 9.23. The van der Waals surface area contributed by atoms with Crippen molar-refractivity contribution < 1.29 is 4.21 Å². The summed E-state index contributed by atoms with van der Waals surface area (Å²) in [6.45, 7) is 2.58. The van der Waals surface area contributed by atoms with E-state index in [9.17, 15) is 4.21 Å². The van der Waals surface area contributed by atoms with Gasteiger partial charge in [0.25, 0.3) is 0 Å². The Morgan fingerprint density at radius 1 is 1.50 bits per heavy atom. The molecule has 0 spiro atoms. The average molecular weight is 256 g/mol. The van der Waals surface area contributed by atoms with Crippen molar-refractivity contribution in [2.24, 2.45) is 5.73 Å². The summed E-state index contributed by atoms with van der Waals surface area (Å²) in [5, 5.41) is 3.20. The van der Waals surface area contributed by atoms with E-state index in [1.165, 1.54) is 0 Å². The van der Waals surface area contributed by atoms with E-state index in [2.05, 4.69) is 5.32 Å². The Morgan fingerprint density at radius 2 is 2.19 bits per heavy atom. The van der Waals surface area contributed by atoms with Crippen LogP contribution in [0.3, 0.4) is 0 Å². The molecule has 0 fully saturated rings.